The van der Waals surface area contributed by atoms with Gasteiger partial charge in [-0.1, -0.05) is 0 Å². The highest BCUT2D eigenvalue weighted by molar-refractivity contribution is 9.10. The van der Waals surface area contributed by atoms with E-state index in [4.69, 9.17) is 4.42 Å². The summed E-state index contributed by atoms with van der Waals surface area (Å²) in [6, 6.07) is 0. The SMILES string of the molecule is Brc1ncc(CN2CCCC2)o1. The van der Waals surface area contributed by atoms with Crippen LogP contribution in [0.5, 0.6) is 0 Å². The Labute approximate surface area is 79.9 Å². The number of hydrogen-bond acceptors (Lipinski definition) is 3. The average Bonchev–Trinajstić information content (AvgIpc) is 2.63. The Balaban J connectivity index is 1.94. The summed E-state index contributed by atoms with van der Waals surface area (Å²) in [4.78, 5) is 6.94. The lowest BCUT2D eigenvalue weighted by atomic mass is 10.4. The van der Waals surface area contributed by atoms with Crippen molar-refractivity contribution >= 4 is 15.9 Å². The maximum Gasteiger partial charge on any atom is 0.264 e. The van der Waals surface area contributed by atoms with Crippen LogP contribution in [-0.2, 0) is 6.54 Å². The summed E-state index contributed by atoms with van der Waals surface area (Å²) >= 11 is 3.19. The first-order valence-corrected chi connectivity index (χ1v) is 4.96. The molecular formula is C8H11BrN2O. The molecule has 0 saturated carbocycles. The number of aromatic nitrogens is 1. The van der Waals surface area contributed by atoms with E-state index < -0.39 is 0 Å². The zero-order chi connectivity index (χ0) is 8.39. The maximum absolute atomic E-state index is 5.31. The van der Waals surface area contributed by atoms with Gasteiger partial charge in [0, 0.05) is 15.9 Å². The van der Waals surface area contributed by atoms with Crippen LogP contribution < -0.4 is 0 Å². The van der Waals surface area contributed by atoms with Crippen molar-refractivity contribution in [2.45, 2.75) is 19.4 Å². The number of likely N-dealkylation sites (tertiary alicyclic amines) is 1. The van der Waals surface area contributed by atoms with Crippen molar-refractivity contribution in [1.29, 1.82) is 0 Å². The predicted molar refractivity (Wildman–Crippen MR) is 48.7 cm³/mol. The van der Waals surface area contributed by atoms with Gasteiger partial charge in [0.15, 0.2) is 0 Å². The molecule has 0 atom stereocenters. The van der Waals surface area contributed by atoms with E-state index in [1.165, 1.54) is 25.9 Å². The van der Waals surface area contributed by atoms with Gasteiger partial charge in [0.2, 0.25) is 0 Å². The van der Waals surface area contributed by atoms with Crippen molar-refractivity contribution in [1.82, 2.24) is 9.88 Å². The molecule has 1 fully saturated rings. The third-order valence-corrected chi connectivity index (χ3v) is 2.47. The summed E-state index contributed by atoms with van der Waals surface area (Å²) in [6.07, 6.45) is 4.41. The molecule has 1 saturated heterocycles. The third kappa shape index (κ3) is 1.87. The number of rotatable bonds is 2. The van der Waals surface area contributed by atoms with Gasteiger partial charge in [-0.3, -0.25) is 4.90 Å². The van der Waals surface area contributed by atoms with Crippen LogP contribution in [0.4, 0.5) is 0 Å². The van der Waals surface area contributed by atoms with Crippen molar-refractivity contribution in [3.63, 3.8) is 0 Å². The van der Waals surface area contributed by atoms with Crippen LogP contribution >= 0.6 is 15.9 Å². The van der Waals surface area contributed by atoms with Crippen LogP contribution in [0.15, 0.2) is 15.4 Å². The molecule has 2 heterocycles. The quantitative estimate of drug-likeness (QED) is 0.779. The smallest absolute Gasteiger partial charge is 0.264 e. The highest BCUT2D eigenvalue weighted by Gasteiger charge is 2.13. The Kier molecular flexibility index (Phi) is 2.46. The highest BCUT2D eigenvalue weighted by atomic mass is 79.9. The number of hydrogen-bond donors (Lipinski definition) is 0. The summed E-state index contributed by atoms with van der Waals surface area (Å²) in [5, 5.41) is 0. The summed E-state index contributed by atoms with van der Waals surface area (Å²) in [5.41, 5.74) is 0. The summed E-state index contributed by atoms with van der Waals surface area (Å²) in [5.74, 6) is 0.948. The van der Waals surface area contributed by atoms with Gasteiger partial charge in [-0.25, -0.2) is 4.98 Å². The van der Waals surface area contributed by atoms with Crippen molar-refractivity contribution in [3.8, 4) is 0 Å². The van der Waals surface area contributed by atoms with E-state index in [2.05, 4.69) is 25.8 Å². The lowest BCUT2D eigenvalue weighted by Gasteiger charge is -2.10. The topological polar surface area (TPSA) is 29.3 Å². The minimum absolute atomic E-state index is 0.580. The summed E-state index contributed by atoms with van der Waals surface area (Å²) in [6.45, 7) is 3.29. The van der Waals surface area contributed by atoms with Gasteiger partial charge in [0.25, 0.3) is 4.80 Å². The van der Waals surface area contributed by atoms with E-state index >= 15 is 0 Å². The predicted octanol–water partition coefficient (Wildman–Crippen LogP) is 2.03. The molecule has 0 spiro atoms. The van der Waals surface area contributed by atoms with Crippen LogP contribution in [0.3, 0.4) is 0 Å². The summed E-state index contributed by atoms with van der Waals surface area (Å²) < 4.78 is 5.31. The van der Waals surface area contributed by atoms with Crippen LogP contribution in [0, 0.1) is 0 Å². The van der Waals surface area contributed by atoms with E-state index in [1.54, 1.807) is 6.20 Å². The Morgan fingerprint density at radius 1 is 1.50 bits per heavy atom. The van der Waals surface area contributed by atoms with E-state index in [1.807, 2.05) is 0 Å². The Morgan fingerprint density at radius 3 is 2.83 bits per heavy atom. The molecule has 1 aromatic heterocycles. The van der Waals surface area contributed by atoms with E-state index in [0.29, 0.717) is 4.80 Å². The Hall–Kier alpha value is -0.350. The lowest BCUT2D eigenvalue weighted by Crippen LogP contribution is -2.17. The highest BCUT2D eigenvalue weighted by Crippen LogP contribution is 2.15. The van der Waals surface area contributed by atoms with Gasteiger partial charge < -0.3 is 4.42 Å². The van der Waals surface area contributed by atoms with Gasteiger partial charge >= 0.3 is 0 Å². The van der Waals surface area contributed by atoms with Crippen LogP contribution in [0.25, 0.3) is 0 Å². The zero-order valence-electron chi connectivity index (χ0n) is 6.79. The zero-order valence-corrected chi connectivity index (χ0v) is 8.38. The first-order chi connectivity index (χ1) is 5.84. The van der Waals surface area contributed by atoms with E-state index in [-0.39, 0.29) is 0 Å². The second-order valence-corrected chi connectivity index (χ2v) is 3.74. The molecule has 66 valence electrons. The monoisotopic (exact) mass is 230 g/mol. The van der Waals surface area contributed by atoms with Gasteiger partial charge in [-0.2, -0.15) is 0 Å². The van der Waals surface area contributed by atoms with Gasteiger partial charge in [-0.15, -0.1) is 0 Å². The van der Waals surface area contributed by atoms with Gasteiger partial charge in [0.05, 0.1) is 12.7 Å². The van der Waals surface area contributed by atoms with Gasteiger partial charge in [0.1, 0.15) is 5.76 Å². The Bertz CT molecular complexity index is 255. The molecule has 2 rings (SSSR count). The van der Waals surface area contributed by atoms with Crippen molar-refractivity contribution in [2.75, 3.05) is 13.1 Å². The normalized spacial score (nSPS) is 18.8. The fourth-order valence-electron chi connectivity index (χ4n) is 1.52. The average molecular weight is 231 g/mol. The van der Waals surface area contributed by atoms with E-state index in [0.717, 1.165) is 12.3 Å². The molecule has 0 bridgehead atoms. The number of halogens is 1. The molecule has 0 aliphatic carbocycles. The fraction of sp³-hybridized carbons (Fsp3) is 0.625. The molecule has 0 unspecified atom stereocenters. The largest absolute Gasteiger partial charge is 0.435 e. The third-order valence-electron chi connectivity index (χ3n) is 2.10. The second-order valence-electron chi connectivity index (χ2n) is 3.06. The van der Waals surface area contributed by atoms with Crippen molar-refractivity contribution in [3.05, 3.63) is 16.8 Å². The molecule has 4 heteroatoms. The Morgan fingerprint density at radius 2 is 2.25 bits per heavy atom. The molecular weight excluding hydrogens is 220 g/mol. The van der Waals surface area contributed by atoms with Crippen LogP contribution in [0.2, 0.25) is 0 Å². The van der Waals surface area contributed by atoms with Crippen LogP contribution in [0.1, 0.15) is 18.6 Å². The molecule has 0 N–H and O–H groups in total. The van der Waals surface area contributed by atoms with Crippen molar-refractivity contribution in [2.24, 2.45) is 0 Å². The molecule has 0 amide bonds. The van der Waals surface area contributed by atoms with Crippen LogP contribution in [-0.4, -0.2) is 23.0 Å². The first kappa shape index (κ1) is 8.26. The lowest BCUT2D eigenvalue weighted by molar-refractivity contribution is 0.294. The maximum atomic E-state index is 5.31. The molecule has 1 aliphatic rings. The number of oxazole rings is 1. The van der Waals surface area contributed by atoms with E-state index in [9.17, 15) is 0 Å². The molecule has 12 heavy (non-hydrogen) atoms. The molecule has 3 nitrogen and oxygen atoms in total. The fourth-order valence-corrected chi connectivity index (χ4v) is 1.83. The molecule has 0 aromatic carbocycles. The molecule has 1 aromatic rings. The van der Waals surface area contributed by atoms with Gasteiger partial charge in [-0.05, 0) is 25.9 Å². The van der Waals surface area contributed by atoms with Crippen molar-refractivity contribution < 1.29 is 4.42 Å². The number of nitrogens with zero attached hydrogens (tertiary/aromatic N) is 2. The minimum Gasteiger partial charge on any atom is -0.435 e. The molecule has 0 radical (unpaired) electrons. The first-order valence-electron chi connectivity index (χ1n) is 4.17. The molecule has 1 aliphatic heterocycles. The second kappa shape index (κ2) is 3.58. The minimum atomic E-state index is 0.580. The standard InChI is InChI=1S/C8H11BrN2O/c9-8-10-5-7(12-8)6-11-3-1-2-4-11/h5H,1-4,6H2. The summed E-state index contributed by atoms with van der Waals surface area (Å²) in [7, 11) is 0.